The van der Waals surface area contributed by atoms with Gasteiger partial charge in [0.15, 0.2) is 5.82 Å². The normalized spacial score (nSPS) is 26.3. The van der Waals surface area contributed by atoms with Gasteiger partial charge in [-0.1, -0.05) is 11.6 Å². The van der Waals surface area contributed by atoms with Crippen LogP contribution in [0.5, 0.6) is 6.01 Å². The lowest BCUT2D eigenvalue weighted by molar-refractivity contribution is 0.0631. The summed E-state index contributed by atoms with van der Waals surface area (Å²) >= 11 is 6.83. The number of rotatable bonds is 3. The minimum absolute atomic E-state index is 0.0877. The van der Waals surface area contributed by atoms with E-state index in [1.807, 2.05) is 6.07 Å². The maximum absolute atomic E-state index is 17.0. The van der Waals surface area contributed by atoms with Crippen LogP contribution in [-0.2, 0) is 11.2 Å². The molecule has 238 valence electrons. The van der Waals surface area contributed by atoms with Crippen molar-refractivity contribution >= 4 is 39.2 Å². The van der Waals surface area contributed by atoms with Crippen molar-refractivity contribution in [1.29, 1.82) is 0 Å². The monoisotopic (exact) mass is 638 g/mol. The number of likely N-dealkylation sites (N-methyl/N-ethyl adjacent to an activating group) is 1. The third-order valence-corrected chi connectivity index (χ3v) is 10.6. The van der Waals surface area contributed by atoms with Gasteiger partial charge >= 0.3 is 6.01 Å². The van der Waals surface area contributed by atoms with E-state index in [1.165, 1.54) is 0 Å². The van der Waals surface area contributed by atoms with Crippen LogP contribution in [0.3, 0.4) is 0 Å². The van der Waals surface area contributed by atoms with Gasteiger partial charge in [-0.3, -0.25) is 19.9 Å². The Morgan fingerprint density at radius 1 is 1.13 bits per heavy atom. The number of anilines is 1. The summed E-state index contributed by atoms with van der Waals surface area (Å²) in [6, 6.07) is 2.06. The van der Waals surface area contributed by atoms with Gasteiger partial charge in [0.1, 0.15) is 29.8 Å². The summed E-state index contributed by atoms with van der Waals surface area (Å²) in [5.41, 5.74) is 2.05. The molecule has 5 aliphatic heterocycles. The molecule has 9 rings (SSSR count). The highest BCUT2D eigenvalue weighted by atomic mass is 35.5. The first-order valence-electron chi connectivity index (χ1n) is 16.0. The molecule has 1 N–H and O–H groups in total. The van der Waals surface area contributed by atoms with E-state index in [4.69, 9.17) is 31.0 Å². The first kappa shape index (κ1) is 29.2. The summed E-state index contributed by atoms with van der Waals surface area (Å²) < 4.78 is 44.0. The van der Waals surface area contributed by atoms with Crippen LogP contribution in [0.1, 0.15) is 37.7 Å². The quantitative estimate of drug-likeness (QED) is 0.340. The summed E-state index contributed by atoms with van der Waals surface area (Å²) in [4.78, 5) is 20.9. The number of halogens is 3. The number of hydrogen-bond acceptors (Lipinski definition) is 9. The molecule has 3 fully saturated rings. The molecule has 0 spiro atoms. The van der Waals surface area contributed by atoms with Crippen LogP contribution in [0, 0.1) is 5.82 Å². The molecule has 1 aromatic carbocycles. The molecule has 13 heteroatoms. The highest BCUT2D eigenvalue weighted by molar-refractivity contribution is 6.33. The van der Waals surface area contributed by atoms with Crippen molar-refractivity contribution in [2.24, 2.45) is 0 Å². The second kappa shape index (κ2) is 11.6. The minimum atomic E-state index is -0.879. The Morgan fingerprint density at radius 2 is 2.04 bits per heavy atom. The van der Waals surface area contributed by atoms with E-state index in [-0.39, 0.29) is 35.4 Å². The highest BCUT2D eigenvalue weighted by Gasteiger charge is 2.49. The van der Waals surface area contributed by atoms with Crippen LogP contribution in [0.4, 0.5) is 14.6 Å². The average Bonchev–Trinajstić information content (AvgIpc) is 3.72. The van der Waals surface area contributed by atoms with Gasteiger partial charge in [0, 0.05) is 61.4 Å². The molecule has 0 amide bonds. The van der Waals surface area contributed by atoms with Crippen molar-refractivity contribution < 1.29 is 18.3 Å². The van der Waals surface area contributed by atoms with Crippen LogP contribution in [0.2, 0.25) is 5.02 Å². The topological polar surface area (TPSA) is 95.5 Å². The maximum atomic E-state index is 17.0. The van der Waals surface area contributed by atoms with Gasteiger partial charge in [0.2, 0.25) is 0 Å². The lowest BCUT2D eigenvalue weighted by atomic mass is 9.95. The number of H-pyrrole nitrogens is 1. The number of ether oxygens (including phenoxy) is 2. The number of nitrogens with one attached hydrogen (secondary N) is 1. The van der Waals surface area contributed by atoms with Gasteiger partial charge in [-0.25, -0.2) is 8.78 Å². The van der Waals surface area contributed by atoms with Crippen LogP contribution >= 0.6 is 11.6 Å². The molecule has 3 atom stereocenters. The molecule has 45 heavy (non-hydrogen) atoms. The molecule has 0 radical (unpaired) electrons. The van der Waals surface area contributed by atoms with Crippen LogP contribution < -0.4 is 9.64 Å². The number of hydrogen-bond donors (Lipinski definition) is 1. The van der Waals surface area contributed by atoms with E-state index in [2.05, 4.69) is 36.9 Å². The van der Waals surface area contributed by atoms with Gasteiger partial charge in [-0.2, -0.15) is 15.1 Å². The lowest BCUT2D eigenvalue weighted by Gasteiger charge is -2.40. The molecule has 0 unspecified atom stereocenters. The van der Waals surface area contributed by atoms with Crippen LogP contribution in [0.25, 0.3) is 33.1 Å². The van der Waals surface area contributed by atoms with E-state index in [0.29, 0.717) is 73.0 Å². The Bertz CT molecular complexity index is 1760. The fraction of sp³-hybridized carbons (Fsp3) is 0.562. The van der Waals surface area contributed by atoms with E-state index < -0.39 is 12.0 Å². The Kier molecular flexibility index (Phi) is 7.51. The van der Waals surface area contributed by atoms with E-state index in [1.54, 1.807) is 12.4 Å². The van der Waals surface area contributed by atoms with Gasteiger partial charge in [-0.05, 0) is 57.3 Å². The third-order valence-electron chi connectivity index (χ3n) is 10.3. The number of aromatic nitrogens is 5. The standard InChI is InChI=1S/C32H37ClF2N8O2/c1-41-8-9-42-16-20(41)17-44-10-3-2-5-21-24(33)11-25-22(14-37-40-25)26(21)29-27(35)28-23(13-36-29)30(42)39-31(38-28)45-18-32-6-4-7-43(32)15-19(34)12-32/h11,13-14,19-20H,2-10,12,15-18H2,1H3,(H,37,40)/t19-,20-,32+/m1/s1. The minimum Gasteiger partial charge on any atom is -0.461 e. The zero-order chi connectivity index (χ0) is 30.7. The number of benzene rings is 1. The van der Waals surface area contributed by atoms with Crippen molar-refractivity contribution in [2.45, 2.75) is 56.3 Å². The number of piperazine rings is 1. The van der Waals surface area contributed by atoms with Crippen molar-refractivity contribution in [3.05, 3.63) is 34.9 Å². The van der Waals surface area contributed by atoms with E-state index >= 15 is 4.39 Å². The van der Waals surface area contributed by atoms with Gasteiger partial charge in [0.05, 0.1) is 35.3 Å². The second-order valence-electron chi connectivity index (χ2n) is 13.0. The number of nitrogens with zero attached hydrogens (tertiary/aromatic N) is 7. The van der Waals surface area contributed by atoms with Gasteiger partial charge in [0.25, 0.3) is 0 Å². The summed E-state index contributed by atoms with van der Waals surface area (Å²) in [6.45, 7) is 4.87. The van der Waals surface area contributed by atoms with Crippen molar-refractivity contribution in [1.82, 2.24) is 34.9 Å². The molecule has 6 bridgehead atoms. The number of fused-ring (bicyclic) bond motifs is 8. The molecule has 4 aromatic rings. The molecular formula is C32H37ClF2N8O2. The molecule has 10 nitrogen and oxygen atoms in total. The SMILES string of the molecule is CN1CCN2C[C@@H]1COCCCCc1c(Cl)cc3[nH]ncc3c1-c1ncc3c2nc(OC[C@@]24CCCN2C[C@H](F)C4)nc3c1F. The second-order valence-corrected chi connectivity index (χ2v) is 13.4. The number of aromatic amines is 1. The molecule has 5 aliphatic rings. The van der Waals surface area contributed by atoms with Crippen molar-refractivity contribution in [3.8, 4) is 17.3 Å². The maximum Gasteiger partial charge on any atom is 0.319 e. The molecule has 8 heterocycles. The summed E-state index contributed by atoms with van der Waals surface area (Å²) in [7, 11) is 2.10. The number of pyridine rings is 1. The molecule has 3 aromatic heterocycles. The molecule has 0 saturated carbocycles. The smallest absolute Gasteiger partial charge is 0.319 e. The van der Waals surface area contributed by atoms with Gasteiger partial charge < -0.3 is 14.4 Å². The average molecular weight is 639 g/mol. The zero-order valence-electron chi connectivity index (χ0n) is 25.4. The summed E-state index contributed by atoms with van der Waals surface area (Å²) in [6.07, 6.45) is 7.06. The van der Waals surface area contributed by atoms with Gasteiger partial charge in [-0.15, -0.1) is 0 Å². The first-order valence-corrected chi connectivity index (χ1v) is 16.3. The third kappa shape index (κ3) is 5.10. The van der Waals surface area contributed by atoms with Crippen molar-refractivity contribution in [3.63, 3.8) is 0 Å². The molecule has 0 aliphatic carbocycles. The Balaban J connectivity index is 1.29. The van der Waals surface area contributed by atoms with Crippen molar-refractivity contribution in [2.75, 3.05) is 64.5 Å². The molecular weight excluding hydrogens is 602 g/mol. The van der Waals surface area contributed by atoms with E-state index in [0.717, 1.165) is 49.7 Å². The number of alkyl halides is 1. The highest BCUT2D eigenvalue weighted by Crippen LogP contribution is 2.42. The molecule has 3 saturated heterocycles. The lowest BCUT2D eigenvalue weighted by Crippen LogP contribution is -2.53. The first-order chi connectivity index (χ1) is 21.9. The Morgan fingerprint density at radius 3 is 2.96 bits per heavy atom. The fourth-order valence-electron chi connectivity index (χ4n) is 7.81. The summed E-state index contributed by atoms with van der Waals surface area (Å²) in [5.74, 6) is 0.0203. The Hall–Kier alpha value is -3.19. The predicted molar refractivity (Wildman–Crippen MR) is 168 cm³/mol. The fourth-order valence-corrected chi connectivity index (χ4v) is 8.11. The Labute approximate surface area is 265 Å². The largest absolute Gasteiger partial charge is 0.461 e. The predicted octanol–water partition coefficient (Wildman–Crippen LogP) is 4.79. The van der Waals surface area contributed by atoms with Crippen LogP contribution in [0.15, 0.2) is 18.5 Å². The zero-order valence-corrected chi connectivity index (χ0v) is 26.1. The van der Waals surface area contributed by atoms with Crippen LogP contribution in [-0.4, -0.2) is 112 Å². The van der Waals surface area contributed by atoms with E-state index in [9.17, 15) is 4.39 Å². The summed E-state index contributed by atoms with van der Waals surface area (Å²) in [5, 5.41) is 8.98.